The number of methoxy groups -OCH3 is 1. The fourth-order valence-electron chi connectivity index (χ4n) is 2.00. The number of nitrogens with one attached hydrogen (secondary N) is 1. The van der Waals surface area contributed by atoms with Crippen molar-refractivity contribution in [2.45, 2.75) is 13.3 Å². The van der Waals surface area contributed by atoms with Crippen LogP contribution >= 0.6 is 0 Å². The van der Waals surface area contributed by atoms with Gasteiger partial charge in [0.2, 0.25) is 5.91 Å². The second kappa shape index (κ2) is 9.22. The Balaban J connectivity index is 2.00. The van der Waals surface area contributed by atoms with E-state index in [0.29, 0.717) is 18.0 Å². The van der Waals surface area contributed by atoms with Gasteiger partial charge in [0.25, 0.3) is 0 Å². The molecule has 1 aromatic carbocycles. The smallest absolute Gasteiger partial charge is 0.339 e. The zero-order chi connectivity index (χ0) is 18.1. The molecule has 1 N–H and O–H groups in total. The summed E-state index contributed by atoms with van der Waals surface area (Å²) in [7, 11) is 1.30. The van der Waals surface area contributed by atoms with E-state index in [0.717, 1.165) is 17.7 Å². The molecule has 0 aliphatic rings. The molecule has 0 fully saturated rings. The molecule has 25 heavy (non-hydrogen) atoms. The number of aromatic nitrogens is 1. The molecule has 0 radical (unpaired) electrons. The number of carbonyl (C=O) groups is 2. The summed E-state index contributed by atoms with van der Waals surface area (Å²) in [6.07, 6.45) is 5.35. The monoisotopic (exact) mass is 340 g/mol. The van der Waals surface area contributed by atoms with Gasteiger partial charge in [0.15, 0.2) is 0 Å². The third-order valence-corrected chi connectivity index (χ3v) is 3.23. The maximum Gasteiger partial charge on any atom is 0.339 e. The molecule has 0 aliphatic carbocycles. The Bertz CT molecular complexity index is 754. The molecule has 2 rings (SSSR count). The van der Waals surface area contributed by atoms with E-state index >= 15 is 0 Å². The Labute approximate surface area is 146 Å². The molecule has 1 amide bonds. The lowest BCUT2D eigenvalue weighted by Crippen LogP contribution is -2.10. The first-order valence-corrected chi connectivity index (χ1v) is 7.89. The van der Waals surface area contributed by atoms with Gasteiger partial charge in [-0.25, -0.2) is 9.78 Å². The van der Waals surface area contributed by atoms with Crippen LogP contribution in [-0.2, 0) is 9.53 Å². The molecule has 0 unspecified atom stereocenters. The third-order valence-electron chi connectivity index (χ3n) is 3.23. The van der Waals surface area contributed by atoms with Crippen LogP contribution in [0.2, 0.25) is 0 Å². The minimum atomic E-state index is -0.478. The molecule has 6 heteroatoms. The molecule has 0 saturated carbocycles. The lowest BCUT2D eigenvalue weighted by molar-refractivity contribution is -0.111. The number of pyridine rings is 1. The summed E-state index contributed by atoms with van der Waals surface area (Å²) in [4.78, 5) is 27.4. The first-order valence-electron chi connectivity index (χ1n) is 7.89. The minimum absolute atomic E-state index is 0.318. The van der Waals surface area contributed by atoms with Crippen molar-refractivity contribution < 1.29 is 19.1 Å². The van der Waals surface area contributed by atoms with E-state index in [1.54, 1.807) is 6.08 Å². The largest absolute Gasteiger partial charge is 0.493 e. The standard InChI is InChI=1S/C19H20N2O4/c1-3-12-25-16-7-5-4-6-14(16)9-11-18(22)21-17-10-8-15(13-20-17)19(23)24-2/h4-11,13H,3,12H2,1-2H3,(H,20,21,22)/b11-9+. The van der Waals surface area contributed by atoms with Crippen LogP contribution in [0.5, 0.6) is 5.75 Å². The van der Waals surface area contributed by atoms with Gasteiger partial charge in [0.1, 0.15) is 11.6 Å². The second-order valence-corrected chi connectivity index (χ2v) is 5.13. The molecule has 6 nitrogen and oxygen atoms in total. The normalized spacial score (nSPS) is 10.5. The lowest BCUT2D eigenvalue weighted by atomic mass is 10.2. The molecule has 1 aromatic heterocycles. The number of rotatable bonds is 7. The van der Waals surface area contributed by atoms with E-state index in [2.05, 4.69) is 15.0 Å². The summed E-state index contributed by atoms with van der Waals surface area (Å²) >= 11 is 0. The zero-order valence-electron chi connectivity index (χ0n) is 14.2. The highest BCUT2D eigenvalue weighted by molar-refractivity contribution is 6.01. The van der Waals surface area contributed by atoms with Gasteiger partial charge in [-0.2, -0.15) is 0 Å². The van der Waals surface area contributed by atoms with Gasteiger partial charge in [0, 0.05) is 17.8 Å². The molecule has 1 heterocycles. The van der Waals surface area contributed by atoms with Gasteiger partial charge >= 0.3 is 5.97 Å². The van der Waals surface area contributed by atoms with Crippen LogP contribution in [0.25, 0.3) is 6.08 Å². The third kappa shape index (κ3) is 5.46. The Hall–Kier alpha value is -3.15. The van der Waals surface area contributed by atoms with E-state index < -0.39 is 5.97 Å². The molecule has 0 saturated heterocycles. The topological polar surface area (TPSA) is 77.5 Å². The number of carbonyl (C=O) groups excluding carboxylic acids is 2. The fraction of sp³-hybridized carbons (Fsp3) is 0.211. The Morgan fingerprint density at radius 3 is 2.68 bits per heavy atom. The highest BCUT2D eigenvalue weighted by Gasteiger charge is 2.06. The first kappa shape index (κ1) is 18.2. The summed E-state index contributed by atoms with van der Waals surface area (Å²) in [6, 6.07) is 10.6. The number of esters is 1. The van der Waals surface area contributed by atoms with Crippen molar-refractivity contribution in [1.82, 2.24) is 4.98 Å². The van der Waals surface area contributed by atoms with E-state index in [4.69, 9.17) is 4.74 Å². The van der Waals surface area contributed by atoms with Gasteiger partial charge in [0.05, 0.1) is 19.3 Å². The van der Waals surface area contributed by atoms with E-state index in [-0.39, 0.29) is 5.91 Å². The van der Waals surface area contributed by atoms with Crippen LogP contribution in [0.1, 0.15) is 29.3 Å². The summed E-state index contributed by atoms with van der Waals surface area (Å²) in [5.41, 5.74) is 1.14. The van der Waals surface area contributed by atoms with E-state index in [1.807, 2.05) is 31.2 Å². The predicted molar refractivity (Wildman–Crippen MR) is 95.5 cm³/mol. The quantitative estimate of drug-likeness (QED) is 0.618. The average molecular weight is 340 g/mol. The SMILES string of the molecule is CCCOc1ccccc1/C=C/C(=O)Nc1ccc(C(=O)OC)cn1. The summed E-state index contributed by atoms with van der Waals surface area (Å²) < 4.78 is 10.2. The lowest BCUT2D eigenvalue weighted by Gasteiger charge is -2.07. The number of benzene rings is 1. The number of hydrogen-bond donors (Lipinski definition) is 1. The number of ether oxygens (including phenoxy) is 2. The number of nitrogens with zero attached hydrogens (tertiary/aromatic N) is 1. The zero-order valence-corrected chi connectivity index (χ0v) is 14.2. The number of amides is 1. The second-order valence-electron chi connectivity index (χ2n) is 5.13. The molecule has 0 bridgehead atoms. The number of anilines is 1. The summed E-state index contributed by atoms with van der Waals surface area (Å²) in [5, 5.41) is 2.63. The first-order chi connectivity index (χ1) is 12.1. The van der Waals surface area contributed by atoms with E-state index in [9.17, 15) is 9.59 Å². The van der Waals surface area contributed by atoms with Gasteiger partial charge in [-0.05, 0) is 30.7 Å². The maximum atomic E-state index is 12.0. The van der Waals surface area contributed by atoms with Crippen LogP contribution in [-0.4, -0.2) is 30.6 Å². The Morgan fingerprint density at radius 1 is 1.20 bits per heavy atom. The average Bonchev–Trinajstić information content (AvgIpc) is 2.65. The van der Waals surface area contributed by atoms with Gasteiger partial charge < -0.3 is 14.8 Å². The summed E-state index contributed by atoms with van der Waals surface area (Å²) in [5.74, 6) is 0.268. The number of para-hydroxylation sites is 1. The van der Waals surface area contributed by atoms with E-state index in [1.165, 1.54) is 31.5 Å². The van der Waals surface area contributed by atoms with Crippen LogP contribution in [0.15, 0.2) is 48.7 Å². The van der Waals surface area contributed by atoms with Crippen molar-refractivity contribution >= 4 is 23.8 Å². The van der Waals surface area contributed by atoms with Gasteiger partial charge in [-0.15, -0.1) is 0 Å². The van der Waals surface area contributed by atoms with Crippen molar-refractivity contribution in [3.63, 3.8) is 0 Å². The highest BCUT2D eigenvalue weighted by Crippen LogP contribution is 2.19. The molecule has 0 atom stereocenters. The summed E-state index contributed by atoms with van der Waals surface area (Å²) in [6.45, 7) is 2.65. The molecular formula is C19H20N2O4. The number of hydrogen-bond acceptors (Lipinski definition) is 5. The molecule has 2 aromatic rings. The van der Waals surface area contributed by atoms with Crippen molar-refractivity contribution in [3.05, 3.63) is 59.8 Å². The van der Waals surface area contributed by atoms with Crippen LogP contribution in [0, 0.1) is 0 Å². The van der Waals surface area contributed by atoms with Gasteiger partial charge in [-0.1, -0.05) is 25.1 Å². The predicted octanol–water partition coefficient (Wildman–Crippen LogP) is 3.31. The minimum Gasteiger partial charge on any atom is -0.493 e. The van der Waals surface area contributed by atoms with Crippen molar-refractivity contribution in [2.24, 2.45) is 0 Å². The molecule has 0 spiro atoms. The van der Waals surface area contributed by atoms with Crippen LogP contribution in [0.3, 0.4) is 0 Å². The molecule has 0 aliphatic heterocycles. The van der Waals surface area contributed by atoms with Crippen molar-refractivity contribution in [1.29, 1.82) is 0 Å². The van der Waals surface area contributed by atoms with Crippen molar-refractivity contribution in [3.8, 4) is 5.75 Å². The molecule has 130 valence electrons. The Kier molecular flexibility index (Phi) is 6.71. The molecular weight excluding hydrogens is 320 g/mol. The Morgan fingerprint density at radius 2 is 2.00 bits per heavy atom. The van der Waals surface area contributed by atoms with Crippen LogP contribution < -0.4 is 10.1 Å². The van der Waals surface area contributed by atoms with Crippen molar-refractivity contribution in [2.75, 3.05) is 19.0 Å². The highest BCUT2D eigenvalue weighted by atomic mass is 16.5. The fourth-order valence-corrected chi connectivity index (χ4v) is 2.00. The van der Waals surface area contributed by atoms with Gasteiger partial charge in [-0.3, -0.25) is 4.79 Å². The van der Waals surface area contributed by atoms with Crippen LogP contribution in [0.4, 0.5) is 5.82 Å². The maximum absolute atomic E-state index is 12.0.